The Labute approximate surface area is 757 Å². The number of imide groups is 5. The molecule has 9 saturated carbocycles. The Morgan fingerprint density at radius 3 is 0.779 bits per heavy atom. The molecule has 14 bridgehead atoms. The number of amides is 10. The minimum atomic E-state index is -0.668. The van der Waals surface area contributed by atoms with Gasteiger partial charge in [0.05, 0.1) is 192 Å². The fourth-order valence-corrected chi connectivity index (χ4v) is 27.9. The minimum absolute atomic E-state index is 0.0221. The molecule has 14 aliphatic carbocycles. The highest BCUT2D eigenvalue weighted by Crippen LogP contribution is 2.73. The Bertz CT molecular complexity index is 5790. The van der Waals surface area contributed by atoms with Crippen molar-refractivity contribution in [2.75, 3.05) is 95.6 Å². The Hall–Kier alpha value is -12.9. The molecule has 5 saturated heterocycles. The van der Waals surface area contributed by atoms with E-state index in [-0.39, 0.29) is 221 Å². The third-order valence-corrected chi connectivity index (χ3v) is 32.8. The molecule has 28 atom stereocenters. The van der Waals surface area contributed by atoms with Crippen molar-refractivity contribution in [2.45, 2.75) is 44.9 Å². The van der Waals surface area contributed by atoms with E-state index in [1.165, 1.54) is 119 Å². The zero-order chi connectivity index (χ0) is 91.9. The number of allylic oxidation sites excluding steroid dienone is 10. The predicted molar refractivity (Wildman–Crippen MR) is 465 cm³/mol. The fourth-order valence-electron chi connectivity index (χ4n) is 27.7. The van der Waals surface area contributed by atoms with Gasteiger partial charge in [0.15, 0.2) is 0 Å². The number of ether oxygens (including phenoxy) is 10. The number of nitrogens with zero attached hydrogens (tertiary/aromatic N) is 5. The first-order valence-corrected chi connectivity index (χ1v) is 44.9. The number of hydrogen-bond acceptors (Lipinski definition) is 25. The molecule has 28 unspecified atom stereocenters. The average Bonchev–Trinajstić information content (AvgIpc) is 1.51. The second kappa shape index (κ2) is 32.6. The normalized spacial score (nSPS) is 34.5. The van der Waals surface area contributed by atoms with E-state index >= 15 is 0 Å². The number of anilines is 5. The van der Waals surface area contributed by atoms with E-state index in [0.717, 1.165) is 48.3 Å². The van der Waals surface area contributed by atoms with Crippen LogP contribution in [0.4, 0.5) is 28.4 Å². The number of benzene rings is 5. The number of hydrogen-bond donors (Lipinski definition) is 0. The SMILES string of the molecule is COC(=O)c1cc(C(=O)OC)cc(N2C(=O)C3C4C=CC(C4)C3C2=O)c1.COC(=O)c1cc(C(=O)OC)cc(N2C(=O)C3C4CC(C3C2=O)C2C3C=CC(C3)C42)c1.COC(=O)c1cc(N2C(=O)C3C4C=CC(C4)C3C2=O)c(OC)cc1Cl.COc1ccc(N2C(=O)C3C4C=CC(C4)C3C2=O)c(OC)c1.COc1ccc(N2C(=O)C3C4CC(C3C2=O)C2C3C=CC(C3)C42)c(OC)c1. The molecule has 5 aromatic rings. The molecule has 24 rings (SSSR count). The lowest BCUT2D eigenvalue weighted by molar-refractivity contribution is -0.125. The van der Waals surface area contributed by atoms with Gasteiger partial charge in [0.2, 0.25) is 59.1 Å². The molecule has 0 N–H and O–H groups in total. The van der Waals surface area contributed by atoms with Crippen LogP contribution >= 0.6 is 11.6 Å². The molecule has 5 aliphatic heterocycles. The van der Waals surface area contributed by atoms with Gasteiger partial charge in [-0.1, -0.05) is 72.4 Å². The Morgan fingerprint density at radius 2 is 0.504 bits per heavy atom. The molecule has 0 radical (unpaired) electrons. The van der Waals surface area contributed by atoms with Gasteiger partial charge < -0.3 is 47.4 Å². The lowest BCUT2D eigenvalue weighted by Gasteiger charge is -2.36. The summed E-state index contributed by atoms with van der Waals surface area (Å²) in [5, 5.41) is 0.133. The van der Waals surface area contributed by atoms with E-state index in [4.69, 9.17) is 59.0 Å². The number of carbonyl (C=O) groups excluding carboxylic acids is 15. The first kappa shape index (κ1) is 86.2. The van der Waals surface area contributed by atoms with Crippen LogP contribution in [0.2, 0.25) is 5.02 Å². The second-order valence-corrected chi connectivity index (χ2v) is 38.0. The molecule has 678 valence electrons. The van der Waals surface area contributed by atoms with Crippen LogP contribution in [0, 0.1) is 166 Å². The van der Waals surface area contributed by atoms with Gasteiger partial charge in [-0.25, -0.2) is 48.5 Å². The summed E-state index contributed by atoms with van der Waals surface area (Å²) in [6.45, 7) is 0. The van der Waals surface area contributed by atoms with E-state index in [1.54, 1.807) is 57.7 Å². The topological polar surface area (TPSA) is 365 Å². The molecule has 5 heterocycles. The molecule has 31 heteroatoms. The van der Waals surface area contributed by atoms with Gasteiger partial charge in [-0.15, -0.1) is 0 Å². The maximum Gasteiger partial charge on any atom is 0.339 e. The largest absolute Gasteiger partial charge is 0.497 e. The van der Waals surface area contributed by atoms with Gasteiger partial charge >= 0.3 is 29.8 Å². The van der Waals surface area contributed by atoms with E-state index in [1.807, 2.05) is 24.3 Å². The van der Waals surface area contributed by atoms with Gasteiger partial charge in [-0.2, -0.15) is 0 Å². The second-order valence-electron chi connectivity index (χ2n) is 37.6. The number of rotatable bonds is 15. The van der Waals surface area contributed by atoms with Crippen LogP contribution in [0.5, 0.6) is 28.7 Å². The van der Waals surface area contributed by atoms with Crippen LogP contribution in [0.1, 0.15) is 96.7 Å². The molecule has 19 aliphatic rings. The summed E-state index contributed by atoms with van der Waals surface area (Å²) in [5.74, 6) is 1.46. The summed E-state index contributed by atoms with van der Waals surface area (Å²) in [5.41, 5.74) is 2.14. The highest BCUT2D eigenvalue weighted by Gasteiger charge is 2.74. The summed E-state index contributed by atoms with van der Waals surface area (Å²) in [6, 6.07) is 21.6. The maximum absolute atomic E-state index is 13.5. The summed E-state index contributed by atoms with van der Waals surface area (Å²) in [7, 11) is 13.8. The molecule has 14 fully saturated rings. The molecular weight excluding hydrogens is 1710 g/mol. The smallest absolute Gasteiger partial charge is 0.339 e. The Balaban J connectivity index is 0.000000103. The van der Waals surface area contributed by atoms with E-state index in [0.29, 0.717) is 93.6 Å². The third kappa shape index (κ3) is 13.0. The highest BCUT2D eigenvalue weighted by molar-refractivity contribution is 6.34. The first-order chi connectivity index (χ1) is 63.2. The summed E-state index contributed by atoms with van der Waals surface area (Å²) in [6.07, 6.45) is 28.6. The number of fused-ring (bicyclic) bond motifs is 39. The van der Waals surface area contributed by atoms with Crippen molar-refractivity contribution in [2.24, 2.45) is 166 Å². The molecule has 0 aromatic heterocycles. The maximum atomic E-state index is 13.5. The van der Waals surface area contributed by atoms with Crippen molar-refractivity contribution < 1.29 is 119 Å². The number of carbonyl (C=O) groups is 15. The summed E-state index contributed by atoms with van der Waals surface area (Å²) >= 11 is 6.11. The van der Waals surface area contributed by atoms with Crippen molar-refractivity contribution in [3.63, 3.8) is 0 Å². The molecule has 10 amide bonds. The number of halogens is 1. The van der Waals surface area contributed by atoms with Crippen molar-refractivity contribution >= 4 is 129 Å². The van der Waals surface area contributed by atoms with Crippen molar-refractivity contribution in [3.8, 4) is 28.7 Å². The van der Waals surface area contributed by atoms with E-state index in [2.05, 4.69) is 36.5 Å². The highest BCUT2D eigenvalue weighted by atomic mass is 35.5. The lowest BCUT2D eigenvalue weighted by Crippen LogP contribution is -2.38. The zero-order valence-corrected chi connectivity index (χ0v) is 74.0. The quantitative estimate of drug-likeness (QED) is 0.0309. The Morgan fingerprint density at radius 1 is 0.260 bits per heavy atom. The van der Waals surface area contributed by atoms with Crippen LogP contribution in [-0.4, -0.2) is 160 Å². The molecule has 5 aromatic carbocycles. The number of methoxy groups -OCH3 is 10. The van der Waals surface area contributed by atoms with E-state index in [9.17, 15) is 71.9 Å². The van der Waals surface area contributed by atoms with Crippen molar-refractivity contribution in [1.82, 2.24) is 0 Å². The van der Waals surface area contributed by atoms with Crippen LogP contribution in [0.15, 0.2) is 146 Å². The fraction of sp³-hybridized carbons (Fsp3) is 0.450. The van der Waals surface area contributed by atoms with Crippen molar-refractivity contribution in [1.29, 1.82) is 0 Å². The molecule has 131 heavy (non-hydrogen) atoms. The molecular formula is C100H96ClN5O25. The zero-order valence-electron chi connectivity index (χ0n) is 73.3. The van der Waals surface area contributed by atoms with Gasteiger partial charge in [-0.3, -0.25) is 47.9 Å². The summed E-state index contributed by atoms with van der Waals surface area (Å²) in [4.78, 5) is 198. The van der Waals surface area contributed by atoms with Gasteiger partial charge in [-0.05, 0) is 218 Å². The van der Waals surface area contributed by atoms with Crippen LogP contribution in [-0.2, 0) is 71.6 Å². The molecule has 30 nitrogen and oxygen atoms in total. The molecule has 0 spiro atoms. The van der Waals surface area contributed by atoms with Crippen LogP contribution in [0.3, 0.4) is 0 Å². The van der Waals surface area contributed by atoms with Gasteiger partial charge in [0, 0.05) is 18.2 Å². The average molecular weight is 1800 g/mol. The summed E-state index contributed by atoms with van der Waals surface area (Å²) < 4.78 is 50.2. The monoisotopic (exact) mass is 1800 g/mol. The third-order valence-electron chi connectivity index (χ3n) is 32.5. The first-order valence-electron chi connectivity index (χ1n) is 44.5. The Kier molecular flexibility index (Phi) is 21.5. The van der Waals surface area contributed by atoms with Gasteiger partial charge in [0.1, 0.15) is 28.7 Å². The predicted octanol–water partition coefficient (Wildman–Crippen LogP) is 11.4. The van der Waals surface area contributed by atoms with Crippen LogP contribution in [0.25, 0.3) is 0 Å². The van der Waals surface area contributed by atoms with Gasteiger partial charge in [0.25, 0.3) is 0 Å². The number of esters is 5. The minimum Gasteiger partial charge on any atom is -0.497 e. The van der Waals surface area contributed by atoms with Crippen LogP contribution < -0.4 is 48.2 Å². The van der Waals surface area contributed by atoms with Crippen molar-refractivity contribution in [3.05, 3.63) is 179 Å². The van der Waals surface area contributed by atoms with E-state index < -0.39 is 29.8 Å². The standard InChI is InChI=1S/C24H23NO6.C22H23NO4.C19H17NO6.C18H16ClNO5.C17H17NO4/c1-30-23(28)12-6-13(24(29)31-2)8-14(7-12)25-21(26)19-15-9-16(20(19)22(25)27)18-11-4-3-10(5-11)17(15)18;1-26-12-5-6-15(16(8-12)27-2)23-21(24)19-13-9-14(20(19)22(23)25)18-11-4-3-10(7-11)17(13)18;1-25-18(23)11-6-12(19(24)26-2)8-13(7-11)20-16(21)14-9-3-4-10(5-9)15(14)17(20)22;1-24-13-7-11(19)10(18(23)25-2)6-12(13)20-16(21)14-8-3-4-9(5-8)15(14)17(20)22;1-21-11-5-6-12(13(8-11)22-2)18-16(19)14-9-3-4-10(7-9)15(14)17(18)20/h3-4,6-8,10-11,15-20H,5,9H2,1-2H3;3-6,8,10-11,13-14,17-20H,7,9H2,1-2H3;3-4,6-10,14-15H,5H2,1-2H3;3-4,6-9,14-15H,5H2,1-2H3;3-6,8-10,14-15H,7H2,1-2H3. The lowest BCUT2D eigenvalue weighted by atomic mass is 9.65.